The molecule has 0 fully saturated rings. The lowest BCUT2D eigenvalue weighted by molar-refractivity contribution is 0.136. The van der Waals surface area contributed by atoms with Gasteiger partial charge in [0.25, 0.3) is 0 Å². The third-order valence-electron chi connectivity index (χ3n) is 3.54. The summed E-state index contributed by atoms with van der Waals surface area (Å²) in [4.78, 5) is 1.03. The highest BCUT2D eigenvalue weighted by Gasteiger charge is 2.19. The fraction of sp³-hybridized carbons (Fsp3) is 0.188. The molecule has 5 nitrogen and oxygen atoms in total. The average molecular weight is 334 g/mol. The van der Waals surface area contributed by atoms with Crippen molar-refractivity contribution >= 4 is 0 Å². The summed E-state index contributed by atoms with van der Waals surface area (Å²) in [5.41, 5.74) is 0.526. The number of hydrogen-bond donors (Lipinski definition) is 1. The zero-order chi connectivity index (χ0) is 17.3. The van der Waals surface area contributed by atoms with Gasteiger partial charge in [0.1, 0.15) is 23.6 Å². The first-order valence-electron chi connectivity index (χ1n) is 7.12. The van der Waals surface area contributed by atoms with Gasteiger partial charge in [-0.2, -0.15) is 4.80 Å². The topological polar surface area (TPSA) is 63.8 Å². The molecule has 0 aliphatic carbocycles. The maximum atomic E-state index is 13.7. The van der Waals surface area contributed by atoms with E-state index >= 15 is 0 Å². The second-order valence-electron chi connectivity index (χ2n) is 5.28. The summed E-state index contributed by atoms with van der Waals surface area (Å²) < 4.78 is 40.6. The average Bonchev–Trinajstić information content (AvgIpc) is 2.98. The molecular formula is C16H13F3N4O. The fourth-order valence-electron chi connectivity index (χ4n) is 2.29. The number of aliphatic hydroxyl groups excluding tert-OH is 1. The minimum atomic E-state index is -1.47. The van der Waals surface area contributed by atoms with E-state index in [1.165, 1.54) is 18.2 Å². The highest BCUT2D eigenvalue weighted by molar-refractivity contribution is 5.55. The third kappa shape index (κ3) is 3.13. The number of rotatable bonds is 4. The molecule has 3 rings (SSSR count). The standard InChI is InChI=1S/C16H13F3N4O/c1-9-7-10(5-6-11(9)17)16-20-22-23(21-16)8-14(24)15-12(18)3-2-4-13(15)19/h2-7,14,24H,8H2,1H3. The summed E-state index contributed by atoms with van der Waals surface area (Å²) in [7, 11) is 0. The van der Waals surface area contributed by atoms with E-state index in [0.29, 0.717) is 11.1 Å². The number of halogens is 3. The Hall–Kier alpha value is -2.74. The summed E-state index contributed by atoms with van der Waals surface area (Å²) in [6, 6.07) is 7.67. The van der Waals surface area contributed by atoms with E-state index in [1.54, 1.807) is 13.0 Å². The van der Waals surface area contributed by atoms with Crippen molar-refractivity contribution in [3.63, 3.8) is 0 Å². The van der Waals surface area contributed by atoms with Crippen molar-refractivity contribution in [2.24, 2.45) is 0 Å². The lowest BCUT2D eigenvalue weighted by Gasteiger charge is -2.11. The van der Waals surface area contributed by atoms with Crippen LogP contribution in [0.5, 0.6) is 0 Å². The Kier molecular flexibility index (Phi) is 4.30. The van der Waals surface area contributed by atoms with E-state index in [1.807, 2.05) is 0 Å². The normalized spacial score (nSPS) is 12.4. The van der Waals surface area contributed by atoms with Gasteiger partial charge in [-0.15, -0.1) is 10.2 Å². The smallest absolute Gasteiger partial charge is 0.204 e. The maximum Gasteiger partial charge on any atom is 0.204 e. The first-order valence-corrected chi connectivity index (χ1v) is 7.12. The lowest BCUT2D eigenvalue weighted by atomic mass is 10.1. The Labute approximate surface area is 135 Å². The zero-order valence-electron chi connectivity index (χ0n) is 12.6. The van der Waals surface area contributed by atoms with Crippen molar-refractivity contribution < 1.29 is 18.3 Å². The molecule has 3 aromatic rings. The molecule has 0 aliphatic rings. The van der Waals surface area contributed by atoms with Gasteiger partial charge in [0.05, 0.1) is 12.1 Å². The van der Waals surface area contributed by atoms with Crippen molar-refractivity contribution in [2.45, 2.75) is 19.6 Å². The summed E-state index contributed by atoms with van der Waals surface area (Å²) in [5.74, 6) is -1.83. The first kappa shape index (κ1) is 16.1. The van der Waals surface area contributed by atoms with Crippen molar-refractivity contribution in [3.05, 3.63) is 65.0 Å². The van der Waals surface area contributed by atoms with Gasteiger partial charge in [0.15, 0.2) is 0 Å². The summed E-state index contributed by atoms with van der Waals surface area (Å²) in [6.45, 7) is 1.33. The van der Waals surface area contributed by atoms with Crippen molar-refractivity contribution in [1.82, 2.24) is 20.2 Å². The SMILES string of the molecule is Cc1cc(-c2nnn(CC(O)c3c(F)cccc3F)n2)ccc1F. The molecule has 2 aromatic carbocycles. The van der Waals surface area contributed by atoms with Crippen LogP contribution in [-0.2, 0) is 6.54 Å². The Bertz CT molecular complexity index is 861. The van der Waals surface area contributed by atoms with Gasteiger partial charge in [0.2, 0.25) is 5.82 Å². The molecule has 0 saturated carbocycles. The Balaban J connectivity index is 1.82. The number of aromatic nitrogens is 4. The lowest BCUT2D eigenvalue weighted by Crippen LogP contribution is -2.14. The molecule has 0 saturated heterocycles. The van der Waals surface area contributed by atoms with Crippen molar-refractivity contribution in [3.8, 4) is 11.4 Å². The van der Waals surface area contributed by atoms with E-state index in [2.05, 4.69) is 15.4 Å². The molecule has 124 valence electrons. The van der Waals surface area contributed by atoms with Gasteiger partial charge in [-0.05, 0) is 48.0 Å². The van der Waals surface area contributed by atoms with Crippen LogP contribution in [0.25, 0.3) is 11.4 Å². The van der Waals surface area contributed by atoms with Gasteiger partial charge < -0.3 is 5.11 Å². The van der Waals surface area contributed by atoms with Crippen LogP contribution in [0.4, 0.5) is 13.2 Å². The van der Waals surface area contributed by atoms with Crippen LogP contribution in [0.2, 0.25) is 0 Å². The summed E-state index contributed by atoms with van der Waals surface area (Å²) in [5, 5.41) is 21.6. The number of benzene rings is 2. The van der Waals surface area contributed by atoms with Crippen LogP contribution < -0.4 is 0 Å². The highest BCUT2D eigenvalue weighted by atomic mass is 19.1. The second kappa shape index (κ2) is 6.40. The largest absolute Gasteiger partial charge is 0.386 e. The van der Waals surface area contributed by atoms with E-state index in [4.69, 9.17) is 0 Å². The molecule has 0 aliphatic heterocycles. The predicted octanol–water partition coefficient (Wildman–Crippen LogP) is 2.80. The van der Waals surface area contributed by atoms with Crippen LogP contribution in [0, 0.1) is 24.4 Å². The molecule has 0 spiro atoms. The molecular weight excluding hydrogens is 321 g/mol. The number of aryl methyl sites for hydroxylation is 1. The highest BCUT2D eigenvalue weighted by Crippen LogP contribution is 2.22. The molecule has 1 unspecified atom stereocenters. The van der Waals surface area contributed by atoms with Crippen LogP contribution in [-0.4, -0.2) is 25.3 Å². The summed E-state index contributed by atoms with van der Waals surface area (Å²) >= 11 is 0. The minimum absolute atomic E-state index is 0.222. The van der Waals surface area contributed by atoms with Crippen LogP contribution in [0.3, 0.4) is 0 Å². The predicted molar refractivity (Wildman–Crippen MR) is 79.3 cm³/mol. The Morgan fingerprint density at radius 2 is 1.79 bits per heavy atom. The maximum absolute atomic E-state index is 13.7. The van der Waals surface area contributed by atoms with Gasteiger partial charge in [-0.1, -0.05) is 6.07 Å². The second-order valence-corrected chi connectivity index (χ2v) is 5.28. The fourth-order valence-corrected chi connectivity index (χ4v) is 2.29. The number of tetrazole rings is 1. The molecule has 0 bridgehead atoms. The molecule has 0 radical (unpaired) electrons. The monoisotopic (exact) mass is 334 g/mol. The van der Waals surface area contributed by atoms with Gasteiger partial charge in [-0.3, -0.25) is 0 Å². The van der Waals surface area contributed by atoms with Crippen molar-refractivity contribution in [1.29, 1.82) is 0 Å². The third-order valence-corrected chi connectivity index (χ3v) is 3.54. The van der Waals surface area contributed by atoms with Gasteiger partial charge >= 0.3 is 0 Å². The molecule has 1 heterocycles. The molecule has 24 heavy (non-hydrogen) atoms. The molecule has 1 atom stereocenters. The van der Waals surface area contributed by atoms with Gasteiger partial charge in [-0.25, -0.2) is 13.2 Å². The molecule has 8 heteroatoms. The Morgan fingerprint density at radius 3 is 2.46 bits per heavy atom. The first-order chi connectivity index (χ1) is 11.5. The zero-order valence-corrected chi connectivity index (χ0v) is 12.6. The van der Waals surface area contributed by atoms with E-state index in [-0.39, 0.29) is 18.2 Å². The van der Waals surface area contributed by atoms with Crippen LogP contribution >= 0.6 is 0 Å². The van der Waals surface area contributed by atoms with Crippen LogP contribution in [0.15, 0.2) is 36.4 Å². The van der Waals surface area contributed by atoms with Crippen molar-refractivity contribution in [2.75, 3.05) is 0 Å². The Morgan fingerprint density at radius 1 is 1.08 bits per heavy atom. The molecule has 1 aromatic heterocycles. The van der Waals surface area contributed by atoms with E-state index < -0.39 is 23.3 Å². The number of nitrogens with zero attached hydrogens (tertiary/aromatic N) is 4. The number of aliphatic hydroxyl groups is 1. The van der Waals surface area contributed by atoms with Gasteiger partial charge in [0, 0.05) is 5.56 Å². The summed E-state index contributed by atoms with van der Waals surface area (Å²) in [6.07, 6.45) is -1.47. The van der Waals surface area contributed by atoms with Crippen LogP contribution in [0.1, 0.15) is 17.2 Å². The van der Waals surface area contributed by atoms with E-state index in [9.17, 15) is 18.3 Å². The molecule has 1 N–H and O–H groups in total. The number of hydrogen-bond acceptors (Lipinski definition) is 4. The quantitative estimate of drug-likeness (QED) is 0.797. The minimum Gasteiger partial charge on any atom is -0.386 e. The molecule has 0 amide bonds. The van der Waals surface area contributed by atoms with E-state index in [0.717, 1.165) is 16.9 Å².